The lowest BCUT2D eigenvalue weighted by molar-refractivity contribution is -0.139. The standard InChI is InChI=1S/C28H24Cl2N2O8S/c1-14-23(41(2,37)38)12-18(40-14)11-21(28(35)36)31-26(33)24-20(29)9-17-13-32(7-5-19(17)25(24)30)27(34)16-4-3-15-6-8-39-22(15)10-16/h3-4,6,8-10,12,21H,5,7,11,13H2,1-2H3,(H,31,33)(H,35,36)/t21-/m0/s1. The number of rotatable bonds is 7. The lowest BCUT2D eigenvalue weighted by Gasteiger charge is -2.30. The Balaban J connectivity index is 1.35. The van der Waals surface area contributed by atoms with E-state index < -0.39 is 27.8 Å². The quantitative estimate of drug-likeness (QED) is 0.304. The summed E-state index contributed by atoms with van der Waals surface area (Å²) >= 11 is 13.1. The van der Waals surface area contributed by atoms with Crippen molar-refractivity contribution < 1.29 is 36.7 Å². The van der Waals surface area contributed by atoms with Crippen LogP contribution in [0.1, 0.15) is 43.4 Å². The highest BCUT2D eigenvalue weighted by molar-refractivity contribution is 7.90. The first-order chi connectivity index (χ1) is 19.3. The summed E-state index contributed by atoms with van der Waals surface area (Å²) in [4.78, 5) is 39.9. The topological polar surface area (TPSA) is 147 Å². The number of aryl methyl sites for hydroxylation is 1. The van der Waals surface area contributed by atoms with Gasteiger partial charge in [-0.15, -0.1) is 0 Å². The molecule has 3 heterocycles. The Labute approximate surface area is 244 Å². The Morgan fingerprint density at radius 2 is 1.90 bits per heavy atom. The molecule has 0 unspecified atom stereocenters. The predicted octanol–water partition coefficient (Wildman–Crippen LogP) is 4.67. The van der Waals surface area contributed by atoms with Gasteiger partial charge in [-0.2, -0.15) is 0 Å². The molecule has 0 bridgehead atoms. The average molecular weight is 619 g/mol. The molecule has 0 spiro atoms. The van der Waals surface area contributed by atoms with Crippen LogP contribution in [-0.2, 0) is 34.0 Å². The van der Waals surface area contributed by atoms with Gasteiger partial charge in [0.05, 0.1) is 21.9 Å². The molecule has 2 aromatic carbocycles. The van der Waals surface area contributed by atoms with Crippen LogP contribution in [0.4, 0.5) is 0 Å². The van der Waals surface area contributed by atoms with E-state index in [2.05, 4.69) is 5.32 Å². The summed E-state index contributed by atoms with van der Waals surface area (Å²) in [7, 11) is -3.58. The molecule has 4 aromatic rings. The maximum atomic E-state index is 13.2. The number of carboxylic acids is 1. The van der Waals surface area contributed by atoms with Crippen LogP contribution < -0.4 is 5.32 Å². The normalized spacial score (nSPS) is 14.1. The van der Waals surface area contributed by atoms with Gasteiger partial charge in [0.2, 0.25) is 0 Å². The Morgan fingerprint density at radius 1 is 1.15 bits per heavy atom. The van der Waals surface area contributed by atoms with Crippen molar-refractivity contribution in [1.82, 2.24) is 10.2 Å². The maximum Gasteiger partial charge on any atom is 0.326 e. The molecule has 0 saturated heterocycles. The predicted molar refractivity (Wildman–Crippen MR) is 150 cm³/mol. The highest BCUT2D eigenvalue weighted by atomic mass is 35.5. The number of benzene rings is 2. The largest absolute Gasteiger partial charge is 0.480 e. The number of carbonyl (C=O) groups is 3. The lowest BCUT2D eigenvalue weighted by atomic mass is 9.95. The number of amides is 2. The summed E-state index contributed by atoms with van der Waals surface area (Å²) in [6.07, 6.45) is 2.61. The molecule has 2 N–H and O–H groups in total. The van der Waals surface area contributed by atoms with Gasteiger partial charge in [-0.3, -0.25) is 9.59 Å². The van der Waals surface area contributed by atoms with Crippen LogP contribution in [-0.4, -0.2) is 55.1 Å². The number of nitrogens with zero attached hydrogens (tertiary/aromatic N) is 1. The van der Waals surface area contributed by atoms with Gasteiger partial charge in [-0.1, -0.05) is 29.3 Å². The Bertz CT molecular complexity index is 1830. The van der Waals surface area contributed by atoms with E-state index in [9.17, 15) is 27.9 Å². The van der Waals surface area contributed by atoms with Gasteiger partial charge < -0.3 is 24.2 Å². The number of hydrogen-bond donors (Lipinski definition) is 2. The van der Waals surface area contributed by atoms with Crippen molar-refractivity contribution in [2.45, 2.75) is 37.2 Å². The van der Waals surface area contributed by atoms with Crippen molar-refractivity contribution in [3.63, 3.8) is 0 Å². The van der Waals surface area contributed by atoms with Gasteiger partial charge in [0.15, 0.2) is 9.84 Å². The first kappa shape index (κ1) is 28.7. The third kappa shape index (κ3) is 5.70. The first-order valence-corrected chi connectivity index (χ1v) is 15.1. The fourth-order valence-electron chi connectivity index (χ4n) is 4.93. The van der Waals surface area contributed by atoms with Crippen molar-refractivity contribution in [3.05, 3.63) is 86.5 Å². The summed E-state index contributed by atoms with van der Waals surface area (Å²) < 4.78 is 34.6. The number of furan rings is 2. The van der Waals surface area contributed by atoms with E-state index in [1.165, 1.54) is 13.0 Å². The summed E-state index contributed by atoms with van der Waals surface area (Å²) in [5, 5.41) is 13.1. The molecule has 0 fully saturated rings. The monoisotopic (exact) mass is 618 g/mol. The van der Waals surface area contributed by atoms with Crippen LogP contribution in [0.15, 0.2) is 56.4 Å². The van der Waals surface area contributed by atoms with Crippen molar-refractivity contribution in [1.29, 1.82) is 0 Å². The summed E-state index contributed by atoms with van der Waals surface area (Å²) in [6, 6.07) is 8.37. The molecule has 214 valence electrons. The first-order valence-electron chi connectivity index (χ1n) is 12.4. The minimum Gasteiger partial charge on any atom is -0.480 e. The highest BCUT2D eigenvalue weighted by Gasteiger charge is 2.30. The van der Waals surface area contributed by atoms with E-state index in [-0.39, 0.29) is 50.9 Å². The molecular weight excluding hydrogens is 595 g/mol. The van der Waals surface area contributed by atoms with Crippen LogP contribution in [0, 0.1) is 6.92 Å². The molecule has 2 aromatic heterocycles. The van der Waals surface area contributed by atoms with Gasteiger partial charge in [-0.05, 0) is 54.8 Å². The molecule has 41 heavy (non-hydrogen) atoms. The number of hydrogen-bond acceptors (Lipinski definition) is 7. The molecule has 1 atom stereocenters. The van der Waals surface area contributed by atoms with E-state index in [0.29, 0.717) is 35.2 Å². The summed E-state index contributed by atoms with van der Waals surface area (Å²) in [6.45, 7) is 2.00. The summed E-state index contributed by atoms with van der Waals surface area (Å²) in [5.41, 5.74) is 2.29. The number of aliphatic carboxylic acids is 1. The number of carboxylic acid groups (broad SMARTS) is 1. The second-order valence-electron chi connectivity index (χ2n) is 9.81. The lowest BCUT2D eigenvalue weighted by Crippen LogP contribution is -2.42. The third-order valence-corrected chi connectivity index (χ3v) is 8.87. The number of fused-ring (bicyclic) bond motifs is 2. The fourth-order valence-corrected chi connectivity index (χ4v) is 6.60. The number of nitrogens with one attached hydrogen (secondary N) is 1. The van der Waals surface area contributed by atoms with E-state index in [1.807, 2.05) is 12.1 Å². The second-order valence-corrected chi connectivity index (χ2v) is 12.6. The molecule has 2 amide bonds. The molecule has 10 nitrogen and oxygen atoms in total. The maximum absolute atomic E-state index is 13.2. The van der Waals surface area contributed by atoms with Crippen LogP contribution in [0.2, 0.25) is 10.0 Å². The Kier molecular flexibility index (Phi) is 7.62. The van der Waals surface area contributed by atoms with E-state index in [1.54, 1.807) is 29.4 Å². The average Bonchev–Trinajstić information content (AvgIpc) is 3.53. The zero-order valence-electron chi connectivity index (χ0n) is 21.9. The van der Waals surface area contributed by atoms with Gasteiger partial charge >= 0.3 is 5.97 Å². The van der Waals surface area contributed by atoms with Crippen molar-refractivity contribution in [3.8, 4) is 0 Å². The zero-order chi connectivity index (χ0) is 29.6. The molecule has 13 heteroatoms. The number of carbonyl (C=O) groups excluding carboxylic acids is 2. The molecule has 1 aliphatic rings. The molecule has 0 aliphatic carbocycles. The van der Waals surface area contributed by atoms with Gasteiger partial charge in [0, 0.05) is 36.7 Å². The number of sulfone groups is 1. The number of halogens is 2. The van der Waals surface area contributed by atoms with Gasteiger partial charge in [0.25, 0.3) is 11.8 Å². The Hall–Kier alpha value is -3.80. The van der Waals surface area contributed by atoms with Crippen LogP contribution in [0.25, 0.3) is 11.0 Å². The summed E-state index contributed by atoms with van der Waals surface area (Å²) in [5.74, 6) is -2.17. The van der Waals surface area contributed by atoms with Gasteiger partial charge in [-0.25, -0.2) is 13.2 Å². The third-order valence-electron chi connectivity index (χ3n) is 6.95. The molecular formula is C28H24Cl2N2O8S. The van der Waals surface area contributed by atoms with Crippen LogP contribution >= 0.6 is 23.2 Å². The van der Waals surface area contributed by atoms with Crippen LogP contribution in [0.5, 0.6) is 0 Å². The second kappa shape index (κ2) is 10.9. The highest BCUT2D eigenvalue weighted by Crippen LogP contribution is 2.35. The molecule has 0 saturated carbocycles. The van der Waals surface area contributed by atoms with E-state index in [0.717, 1.165) is 11.6 Å². The minimum atomic E-state index is -3.58. The van der Waals surface area contributed by atoms with Crippen molar-refractivity contribution in [2.24, 2.45) is 0 Å². The fraction of sp³-hybridized carbons (Fsp3) is 0.250. The molecule has 5 rings (SSSR count). The Morgan fingerprint density at radius 3 is 2.59 bits per heavy atom. The van der Waals surface area contributed by atoms with E-state index >= 15 is 0 Å². The zero-order valence-corrected chi connectivity index (χ0v) is 24.2. The molecule has 1 aliphatic heterocycles. The SMILES string of the molecule is Cc1oc(C[C@H](NC(=O)c2c(Cl)cc3c(c2Cl)CCN(C(=O)c2ccc4ccoc4c2)C3)C(=O)O)cc1S(C)(=O)=O. The minimum absolute atomic E-state index is 0.00472. The van der Waals surface area contributed by atoms with E-state index in [4.69, 9.17) is 32.0 Å². The van der Waals surface area contributed by atoms with Crippen molar-refractivity contribution >= 4 is 61.8 Å². The smallest absolute Gasteiger partial charge is 0.326 e. The van der Waals surface area contributed by atoms with Crippen molar-refractivity contribution in [2.75, 3.05) is 12.8 Å². The van der Waals surface area contributed by atoms with Gasteiger partial charge in [0.1, 0.15) is 28.0 Å². The molecule has 0 radical (unpaired) electrons. The van der Waals surface area contributed by atoms with Crippen LogP contribution in [0.3, 0.4) is 0 Å².